The molecule has 0 saturated carbocycles. The number of rotatable bonds is 4. The van der Waals surface area contributed by atoms with Gasteiger partial charge in [-0.3, -0.25) is 0 Å². The molecule has 0 heterocycles. The molecule has 4 nitrogen and oxygen atoms in total. The highest BCUT2D eigenvalue weighted by Gasteiger charge is 2.28. The Bertz CT molecular complexity index is 528. The maximum atomic E-state index is 12.7. The maximum absolute atomic E-state index is 12.7. The highest BCUT2D eigenvalue weighted by atomic mass is 32.2. The van der Waals surface area contributed by atoms with Crippen LogP contribution in [0.25, 0.3) is 0 Å². The molecule has 3 N–H and O–H groups in total. The summed E-state index contributed by atoms with van der Waals surface area (Å²) in [4.78, 5) is -0.453. The van der Waals surface area contributed by atoms with Gasteiger partial charge in [0, 0.05) is 6.54 Å². The van der Waals surface area contributed by atoms with Gasteiger partial charge < -0.3 is 5.73 Å². The lowest BCUT2D eigenvalue weighted by atomic mass is 10.3. The SMILES string of the molecule is Nc1cc(F)ccc1S(=O)(=O)NCCC(F)(F)F. The van der Waals surface area contributed by atoms with Crippen LogP contribution in [-0.2, 0) is 10.0 Å². The zero-order valence-corrected chi connectivity index (χ0v) is 9.78. The van der Waals surface area contributed by atoms with E-state index in [1.165, 1.54) is 0 Å². The van der Waals surface area contributed by atoms with E-state index in [1.54, 1.807) is 4.72 Å². The first-order chi connectivity index (χ1) is 8.12. The van der Waals surface area contributed by atoms with Gasteiger partial charge in [-0.15, -0.1) is 0 Å². The molecular weight excluding hydrogens is 276 g/mol. The summed E-state index contributed by atoms with van der Waals surface area (Å²) in [6, 6.07) is 2.52. The van der Waals surface area contributed by atoms with Gasteiger partial charge in [-0.2, -0.15) is 13.2 Å². The molecule has 0 radical (unpaired) electrons. The van der Waals surface area contributed by atoms with Gasteiger partial charge in [0.2, 0.25) is 10.0 Å². The molecule has 102 valence electrons. The minimum atomic E-state index is -4.46. The summed E-state index contributed by atoms with van der Waals surface area (Å²) in [7, 11) is -4.17. The van der Waals surface area contributed by atoms with Crippen molar-refractivity contribution in [3.8, 4) is 0 Å². The quantitative estimate of drug-likeness (QED) is 0.653. The van der Waals surface area contributed by atoms with Crippen molar-refractivity contribution in [2.75, 3.05) is 12.3 Å². The van der Waals surface area contributed by atoms with Crippen molar-refractivity contribution in [3.63, 3.8) is 0 Å². The summed E-state index contributed by atoms with van der Waals surface area (Å²) in [6.07, 6.45) is -5.76. The second kappa shape index (κ2) is 5.11. The molecule has 1 rings (SSSR count). The Morgan fingerprint density at radius 1 is 1.28 bits per heavy atom. The van der Waals surface area contributed by atoms with Gasteiger partial charge in [0.1, 0.15) is 10.7 Å². The van der Waals surface area contributed by atoms with Crippen molar-refractivity contribution < 1.29 is 26.0 Å². The highest BCUT2D eigenvalue weighted by Crippen LogP contribution is 2.21. The van der Waals surface area contributed by atoms with Crippen molar-refractivity contribution in [1.82, 2.24) is 4.72 Å². The molecule has 0 aliphatic carbocycles. The fourth-order valence-corrected chi connectivity index (χ4v) is 2.31. The fourth-order valence-electron chi connectivity index (χ4n) is 1.17. The van der Waals surface area contributed by atoms with Crippen molar-refractivity contribution >= 4 is 15.7 Å². The molecule has 0 atom stereocenters. The number of nitrogens with one attached hydrogen (secondary N) is 1. The second-order valence-corrected chi connectivity index (χ2v) is 5.18. The van der Waals surface area contributed by atoms with E-state index in [9.17, 15) is 26.0 Å². The van der Waals surface area contributed by atoms with Crippen LogP contribution in [0, 0.1) is 5.82 Å². The van der Waals surface area contributed by atoms with Crippen LogP contribution in [0.2, 0.25) is 0 Å². The minimum Gasteiger partial charge on any atom is -0.398 e. The van der Waals surface area contributed by atoms with Crippen molar-refractivity contribution in [1.29, 1.82) is 0 Å². The van der Waals surface area contributed by atoms with Gasteiger partial charge in [0.15, 0.2) is 0 Å². The van der Waals surface area contributed by atoms with Crippen LogP contribution < -0.4 is 10.5 Å². The van der Waals surface area contributed by atoms with Crippen molar-refractivity contribution in [2.24, 2.45) is 0 Å². The number of alkyl halides is 3. The third-order valence-corrected chi connectivity index (χ3v) is 3.50. The van der Waals surface area contributed by atoms with Crippen LogP contribution in [0.15, 0.2) is 23.1 Å². The van der Waals surface area contributed by atoms with Crippen LogP contribution in [-0.4, -0.2) is 21.1 Å². The Labute approximate surface area is 101 Å². The van der Waals surface area contributed by atoms with Gasteiger partial charge in [0.25, 0.3) is 0 Å². The maximum Gasteiger partial charge on any atom is 0.390 e. The molecule has 9 heteroatoms. The first-order valence-electron chi connectivity index (χ1n) is 4.73. The third kappa shape index (κ3) is 4.15. The van der Waals surface area contributed by atoms with Gasteiger partial charge in [-0.25, -0.2) is 17.5 Å². The molecule has 0 fully saturated rings. The molecule has 0 saturated heterocycles. The van der Waals surface area contributed by atoms with E-state index in [-0.39, 0.29) is 5.69 Å². The van der Waals surface area contributed by atoms with Crippen molar-refractivity contribution in [3.05, 3.63) is 24.0 Å². The summed E-state index contributed by atoms with van der Waals surface area (Å²) < 4.78 is 73.1. The first kappa shape index (κ1) is 14.7. The van der Waals surface area contributed by atoms with E-state index < -0.39 is 39.9 Å². The molecule has 1 aromatic carbocycles. The topological polar surface area (TPSA) is 72.2 Å². The lowest BCUT2D eigenvalue weighted by Gasteiger charge is -2.10. The summed E-state index contributed by atoms with van der Waals surface area (Å²) in [5.74, 6) is -0.734. The third-order valence-electron chi connectivity index (χ3n) is 1.96. The standard InChI is InChI=1S/C9H10F4N2O2S/c10-6-1-2-8(7(14)5-6)18(16,17)15-4-3-9(11,12)13/h1-2,5,15H,3-4,14H2. The predicted molar refractivity (Wildman–Crippen MR) is 56.7 cm³/mol. The summed E-state index contributed by atoms with van der Waals surface area (Å²) in [6.45, 7) is -0.803. The largest absolute Gasteiger partial charge is 0.398 e. The van der Waals surface area contributed by atoms with Crippen LogP contribution in [0.5, 0.6) is 0 Å². The van der Waals surface area contributed by atoms with Crippen molar-refractivity contribution in [2.45, 2.75) is 17.5 Å². The molecule has 0 amide bonds. The molecule has 0 aliphatic heterocycles. The zero-order valence-electron chi connectivity index (χ0n) is 8.96. The molecule has 0 unspecified atom stereocenters. The number of hydrogen-bond acceptors (Lipinski definition) is 3. The number of nitrogen functional groups attached to an aromatic ring is 1. The van der Waals surface area contributed by atoms with Crippen LogP contribution >= 0.6 is 0 Å². The second-order valence-electron chi connectivity index (χ2n) is 3.45. The molecule has 0 aliphatic rings. The number of hydrogen-bond donors (Lipinski definition) is 2. The van der Waals surface area contributed by atoms with E-state index in [4.69, 9.17) is 5.73 Å². The molecule has 1 aromatic rings. The highest BCUT2D eigenvalue weighted by molar-refractivity contribution is 7.89. The van der Waals surface area contributed by atoms with E-state index in [1.807, 2.05) is 0 Å². The number of benzene rings is 1. The Balaban J connectivity index is 2.81. The van der Waals surface area contributed by atoms with Gasteiger partial charge in [0.05, 0.1) is 12.1 Å². The van der Waals surface area contributed by atoms with Crippen LogP contribution in [0.1, 0.15) is 6.42 Å². The Kier molecular flexibility index (Phi) is 4.17. The fraction of sp³-hybridized carbons (Fsp3) is 0.333. The average molecular weight is 286 g/mol. The molecule has 18 heavy (non-hydrogen) atoms. The van der Waals surface area contributed by atoms with E-state index in [2.05, 4.69) is 0 Å². The van der Waals surface area contributed by atoms with Gasteiger partial charge in [-0.1, -0.05) is 0 Å². The number of halogens is 4. The first-order valence-corrected chi connectivity index (χ1v) is 6.21. The molecule has 0 spiro atoms. The van der Waals surface area contributed by atoms with Crippen LogP contribution in [0.3, 0.4) is 0 Å². The lowest BCUT2D eigenvalue weighted by molar-refractivity contribution is -0.132. The molecule has 0 bridgehead atoms. The number of anilines is 1. The summed E-state index contributed by atoms with van der Waals surface area (Å²) >= 11 is 0. The van der Waals surface area contributed by atoms with Crippen LogP contribution in [0.4, 0.5) is 23.2 Å². The molecular formula is C9H10F4N2O2S. The Morgan fingerprint density at radius 3 is 2.39 bits per heavy atom. The minimum absolute atomic E-state index is 0.366. The molecule has 0 aromatic heterocycles. The Morgan fingerprint density at radius 2 is 1.89 bits per heavy atom. The number of sulfonamides is 1. The van der Waals surface area contributed by atoms with Gasteiger partial charge >= 0.3 is 6.18 Å². The lowest BCUT2D eigenvalue weighted by Crippen LogP contribution is -2.28. The smallest absolute Gasteiger partial charge is 0.390 e. The summed E-state index contributed by atoms with van der Waals surface area (Å²) in [5, 5.41) is 0. The Hall–Kier alpha value is -1.35. The van der Waals surface area contributed by atoms with Gasteiger partial charge in [-0.05, 0) is 18.2 Å². The summed E-state index contributed by atoms with van der Waals surface area (Å²) in [5.41, 5.74) is 4.92. The van der Waals surface area contributed by atoms with E-state index in [0.29, 0.717) is 0 Å². The monoisotopic (exact) mass is 286 g/mol. The predicted octanol–water partition coefficient (Wildman–Crippen LogP) is 1.64. The van der Waals surface area contributed by atoms with E-state index >= 15 is 0 Å². The normalized spacial score (nSPS) is 12.7. The van der Waals surface area contributed by atoms with E-state index in [0.717, 1.165) is 18.2 Å². The zero-order chi connectivity index (χ0) is 14.0. The number of nitrogens with two attached hydrogens (primary N) is 1. The average Bonchev–Trinajstić information content (AvgIpc) is 2.13.